The molecular formula is C13H22N4O2. The van der Waals surface area contributed by atoms with Crippen molar-refractivity contribution in [1.29, 1.82) is 0 Å². The van der Waals surface area contributed by atoms with E-state index in [1.165, 1.54) is 5.56 Å². The van der Waals surface area contributed by atoms with Crippen LogP contribution in [0.1, 0.15) is 18.2 Å². The minimum absolute atomic E-state index is 0.387. The molecule has 19 heavy (non-hydrogen) atoms. The van der Waals surface area contributed by atoms with E-state index in [9.17, 15) is 4.79 Å². The monoisotopic (exact) mass is 266 g/mol. The molecule has 1 atom stereocenters. The number of aromatic nitrogens is 2. The van der Waals surface area contributed by atoms with E-state index in [0.29, 0.717) is 0 Å². The van der Waals surface area contributed by atoms with E-state index in [1.54, 1.807) is 6.92 Å². The van der Waals surface area contributed by atoms with Gasteiger partial charge in [0.15, 0.2) is 0 Å². The van der Waals surface area contributed by atoms with Gasteiger partial charge in [0.25, 0.3) is 0 Å². The minimum Gasteiger partial charge on any atom is -0.480 e. The van der Waals surface area contributed by atoms with E-state index < -0.39 is 5.97 Å². The molecule has 2 rings (SSSR count). The number of hydrogen-bond donors (Lipinski definition) is 1. The van der Waals surface area contributed by atoms with Gasteiger partial charge < -0.3 is 5.11 Å². The maximum atomic E-state index is 11.0. The predicted molar refractivity (Wildman–Crippen MR) is 71.9 cm³/mol. The van der Waals surface area contributed by atoms with Gasteiger partial charge in [-0.2, -0.15) is 5.10 Å². The van der Waals surface area contributed by atoms with Crippen LogP contribution >= 0.6 is 0 Å². The molecule has 1 aliphatic rings. The van der Waals surface area contributed by atoms with Crippen LogP contribution in [0.4, 0.5) is 0 Å². The van der Waals surface area contributed by atoms with Gasteiger partial charge in [0.05, 0.1) is 5.69 Å². The Balaban J connectivity index is 1.87. The fourth-order valence-corrected chi connectivity index (χ4v) is 2.51. The Kier molecular flexibility index (Phi) is 4.21. The summed E-state index contributed by atoms with van der Waals surface area (Å²) in [5, 5.41) is 13.4. The normalized spacial score (nSPS) is 19.5. The second-order valence-corrected chi connectivity index (χ2v) is 5.24. The van der Waals surface area contributed by atoms with E-state index in [0.717, 1.165) is 38.4 Å². The lowest BCUT2D eigenvalue weighted by molar-refractivity contribution is -0.143. The summed E-state index contributed by atoms with van der Waals surface area (Å²) < 4.78 is 1.84. The predicted octanol–water partition coefficient (Wildman–Crippen LogP) is 0.319. The van der Waals surface area contributed by atoms with Crippen molar-refractivity contribution in [3.8, 4) is 0 Å². The summed E-state index contributed by atoms with van der Waals surface area (Å²) >= 11 is 0. The van der Waals surface area contributed by atoms with E-state index >= 15 is 0 Å². The van der Waals surface area contributed by atoms with Gasteiger partial charge in [-0.05, 0) is 13.8 Å². The average molecular weight is 266 g/mol. The van der Waals surface area contributed by atoms with E-state index in [-0.39, 0.29) is 6.04 Å². The van der Waals surface area contributed by atoms with Crippen LogP contribution in [0.3, 0.4) is 0 Å². The molecule has 1 aliphatic heterocycles. The van der Waals surface area contributed by atoms with Gasteiger partial charge in [0.1, 0.15) is 6.04 Å². The topological polar surface area (TPSA) is 61.6 Å². The molecule has 1 N–H and O–H groups in total. The van der Waals surface area contributed by atoms with Crippen LogP contribution < -0.4 is 0 Å². The molecule has 1 fully saturated rings. The molecule has 1 aromatic heterocycles. The van der Waals surface area contributed by atoms with Gasteiger partial charge in [0.2, 0.25) is 0 Å². The molecule has 1 aromatic rings. The molecule has 6 nitrogen and oxygen atoms in total. The van der Waals surface area contributed by atoms with Crippen LogP contribution in [0, 0.1) is 6.92 Å². The number of carbonyl (C=O) groups is 1. The Hall–Kier alpha value is -1.40. The zero-order chi connectivity index (χ0) is 14.0. The number of carboxylic acids is 1. The summed E-state index contributed by atoms with van der Waals surface area (Å²) in [6.45, 7) is 8.12. The summed E-state index contributed by atoms with van der Waals surface area (Å²) in [4.78, 5) is 15.3. The molecule has 1 saturated heterocycles. The summed E-state index contributed by atoms with van der Waals surface area (Å²) in [6.07, 6.45) is 2.06. The highest BCUT2D eigenvalue weighted by molar-refractivity contribution is 5.72. The van der Waals surface area contributed by atoms with Gasteiger partial charge in [-0.1, -0.05) is 0 Å². The Morgan fingerprint density at radius 3 is 2.53 bits per heavy atom. The summed E-state index contributed by atoms with van der Waals surface area (Å²) in [6, 6.07) is -0.387. The van der Waals surface area contributed by atoms with Crippen LogP contribution in [0.25, 0.3) is 0 Å². The molecule has 0 saturated carbocycles. The Morgan fingerprint density at radius 1 is 1.42 bits per heavy atom. The lowest BCUT2D eigenvalue weighted by atomic mass is 10.2. The lowest BCUT2D eigenvalue weighted by Crippen LogP contribution is -2.51. The fraction of sp³-hybridized carbons (Fsp3) is 0.692. The van der Waals surface area contributed by atoms with Gasteiger partial charge in [-0.3, -0.25) is 19.3 Å². The Labute approximate surface area is 113 Å². The largest absolute Gasteiger partial charge is 0.480 e. The van der Waals surface area contributed by atoms with Crippen LogP contribution in [-0.4, -0.2) is 62.9 Å². The molecule has 106 valence electrons. The highest BCUT2D eigenvalue weighted by Crippen LogP contribution is 2.12. The van der Waals surface area contributed by atoms with Crippen LogP contribution in [-0.2, 0) is 18.4 Å². The van der Waals surface area contributed by atoms with Gasteiger partial charge in [-0.15, -0.1) is 0 Å². The van der Waals surface area contributed by atoms with Gasteiger partial charge >= 0.3 is 5.97 Å². The van der Waals surface area contributed by atoms with E-state index in [4.69, 9.17) is 5.11 Å². The first kappa shape index (κ1) is 14.0. The summed E-state index contributed by atoms with van der Waals surface area (Å²) in [5.41, 5.74) is 2.33. The molecule has 0 amide bonds. The molecule has 0 aliphatic carbocycles. The summed E-state index contributed by atoms with van der Waals surface area (Å²) in [5.74, 6) is -0.739. The Bertz CT molecular complexity index is 449. The van der Waals surface area contributed by atoms with Crippen molar-refractivity contribution >= 4 is 5.97 Å². The first-order valence-electron chi connectivity index (χ1n) is 6.65. The molecule has 2 heterocycles. The fourth-order valence-electron chi connectivity index (χ4n) is 2.51. The van der Waals surface area contributed by atoms with Crippen molar-refractivity contribution in [2.24, 2.45) is 7.05 Å². The maximum absolute atomic E-state index is 11.0. The molecule has 1 unspecified atom stereocenters. The number of carboxylic acid groups (broad SMARTS) is 1. The van der Waals surface area contributed by atoms with E-state index in [1.807, 2.05) is 23.6 Å². The third-order valence-corrected chi connectivity index (χ3v) is 3.82. The highest BCUT2D eigenvalue weighted by atomic mass is 16.4. The number of hydrogen-bond acceptors (Lipinski definition) is 4. The lowest BCUT2D eigenvalue weighted by Gasteiger charge is -2.36. The van der Waals surface area contributed by atoms with Crippen molar-refractivity contribution in [2.75, 3.05) is 26.2 Å². The zero-order valence-corrected chi connectivity index (χ0v) is 11.8. The number of piperazine rings is 1. The zero-order valence-electron chi connectivity index (χ0n) is 11.8. The molecule has 0 spiro atoms. The number of rotatable bonds is 4. The van der Waals surface area contributed by atoms with Crippen molar-refractivity contribution in [1.82, 2.24) is 19.6 Å². The second kappa shape index (κ2) is 5.71. The van der Waals surface area contributed by atoms with Crippen LogP contribution in [0.15, 0.2) is 6.20 Å². The number of aryl methyl sites for hydroxylation is 2. The third-order valence-electron chi connectivity index (χ3n) is 3.82. The summed E-state index contributed by atoms with van der Waals surface area (Å²) in [7, 11) is 1.93. The molecule has 0 radical (unpaired) electrons. The first-order valence-corrected chi connectivity index (χ1v) is 6.65. The number of nitrogens with zero attached hydrogens (tertiary/aromatic N) is 4. The smallest absolute Gasteiger partial charge is 0.320 e. The quantitative estimate of drug-likeness (QED) is 0.850. The molecule has 0 aromatic carbocycles. The van der Waals surface area contributed by atoms with E-state index in [2.05, 4.69) is 16.2 Å². The average Bonchev–Trinajstić information content (AvgIpc) is 2.68. The highest BCUT2D eigenvalue weighted by Gasteiger charge is 2.25. The maximum Gasteiger partial charge on any atom is 0.320 e. The molecular weight excluding hydrogens is 244 g/mol. The standard InChI is InChI=1S/C13H22N4O2/c1-10-12(8-15(3)14-10)9-16-4-6-17(7-5-16)11(2)13(18)19/h8,11H,4-7,9H2,1-3H3,(H,18,19). The first-order chi connectivity index (χ1) is 8.97. The van der Waals surface area contributed by atoms with Gasteiger partial charge in [0, 0.05) is 51.5 Å². The second-order valence-electron chi connectivity index (χ2n) is 5.24. The SMILES string of the molecule is Cc1nn(C)cc1CN1CCN(C(C)C(=O)O)CC1. The van der Waals surface area contributed by atoms with Crippen LogP contribution in [0.2, 0.25) is 0 Å². The van der Waals surface area contributed by atoms with Crippen molar-refractivity contribution in [3.05, 3.63) is 17.5 Å². The van der Waals surface area contributed by atoms with Crippen molar-refractivity contribution in [3.63, 3.8) is 0 Å². The van der Waals surface area contributed by atoms with Gasteiger partial charge in [-0.25, -0.2) is 0 Å². The number of aliphatic carboxylic acids is 1. The van der Waals surface area contributed by atoms with Crippen molar-refractivity contribution < 1.29 is 9.90 Å². The molecule has 0 bridgehead atoms. The third kappa shape index (κ3) is 3.33. The molecule has 6 heteroatoms. The van der Waals surface area contributed by atoms with Crippen LogP contribution in [0.5, 0.6) is 0 Å². The Morgan fingerprint density at radius 2 is 2.05 bits per heavy atom. The minimum atomic E-state index is -0.739. The van der Waals surface area contributed by atoms with Crippen molar-refractivity contribution in [2.45, 2.75) is 26.4 Å².